The van der Waals surface area contributed by atoms with Gasteiger partial charge in [0.15, 0.2) is 12.2 Å². The number of benzene rings is 1. The first kappa shape index (κ1) is 12.7. The highest BCUT2D eigenvalue weighted by atomic mass is 16.3. The predicted molar refractivity (Wildman–Crippen MR) is 83.9 cm³/mol. The maximum Gasteiger partial charge on any atom is 0.181 e. The van der Waals surface area contributed by atoms with Crippen LogP contribution in [0.3, 0.4) is 0 Å². The molecule has 21 heavy (non-hydrogen) atoms. The number of anilines is 1. The lowest BCUT2D eigenvalue weighted by atomic mass is 9.87. The summed E-state index contributed by atoms with van der Waals surface area (Å²) in [5.74, 6) is 3.20. The van der Waals surface area contributed by atoms with E-state index >= 15 is 0 Å². The molecule has 4 rings (SSSR count). The molecule has 1 heterocycles. The minimum atomic E-state index is 0.515. The Balaban J connectivity index is 1.44. The largest absolute Gasteiger partial charge is 0.444 e. The Morgan fingerprint density at radius 1 is 1.19 bits per heavy atom. The molecular weight excluding hydrogens is 260 g/mol. The Hall–Kier alpha value is -2.03. The second-order valence-corrected chi connectivity index (χ2v) is 6.32. The molecule has 2 aliphatic rings. The summed E-state index contributed by atoms with van der Waals surface area (Å²) in [6.45, 7) is 2.31. The van der Waals surface area contributed by atoms with E-state index in [4.69, 9.17) is 4.42 Å². The summed E-state index contributed by atoms with van der Waals surface area (Å²) in [5.41, 5.74) is 2.24. The number of aromatic nitrogens is 1. The minimum Gasteiger partial charge on any atom is -0.444 e. The van der Waals surface area contributed by atoms with Gasteiger partial charge in [-0.15, -0.1) is 0 Å². The van der Waals surface area contributed by atoms with E-state index < -0.39 is 0 Å². The highest BCUT2D eigenvalue weighted by molar-refractivity contribution is 5.60. The summed E-state index contributed by atoms with van der Waals surface area (Å²) < 4.78 is 5.32. The quantitative estimate of drug-likeness (QED) is 0.846. The Bertz CT molecular complexity index is 630. The topological polar surface area (TPSA) is 38.1 Å². The number of fused-ring (bicyclic) bond motifs is 2. The van der Waals surface area contributed by atoms with E-state index in [0.717, 1.165) is 29.1 Å². The third kappa shape index (κ3) is 2.37. The van der Waals surface area contributed by atoms with Gasteiger partial charge in [-0.2, -0.15) is 0 Å². The van der Waals surface area contributed by atoms with Crippen LogP contribution in [-0.4, -0.2) is 11.0 Å². The van der Waals surface area contributed by atoms with Gasteiger partial charge in [0.2, 0.25) is 0 Å². The molecule has 1 aromatic heterocycles. The predicted octanol–water partition coefficient (Wildman–Crippen LogP) is 4.35. The van der Waals surface area contributed by atoms with Crippen molar-refractivity contribution >= 4 is 5.69 Å². The standard InChI is InChI=1S/C18H20N2O/c1-12(17-9-13-2-3-15(17)8-13)20-16-6-4-14(5-7-16)18-10-19-11-21-18/h2-7,10-13,15,17,20H,8-9H2,1H3. The molecule has 1 saturated carbocycles. The van der Waals surface area contributed by atoms with E-state index in [-0.39, 0.29) is 0 Å². The van der Waals surface area contributed by atoms with E-state index in [1.54, 1.807) is 6.20 Å². The third-order valence-corrected chi connectivity index (χ3v) is 4.97. The van der Waals surface area contributed by atoms with Crippen LogP contribution in [0.15, 0.2) is 53.4 Å². The van der Waals surface area contributed by atoms with Crippen LogP contribution in [0.1, 0.15) is 19.8 Å². The summed E-state index contributed by atoms with van der Waals surface area (Å²) in [5, 5.41) is 3.66. The molecule has 2 aliphatic carbocycles. The zero-order valence-corrected chi connectivity index (χ0v) is 12.2. The highest BCUT2D eigenvalue weighted by Gasteiger charge is 2.38. The van der Waals surface area contributed by atoms with Gasteiger partial charge in [-0.1, -0.05) is 12.2 Å². The second kappa shape index (κ2) is 5.06. The van der Waals surface area contributed by atoms with E-state index in [9.17, 15) is 0 Å². The number of allylic oxidation sites excluding steroid dienone is 2. The van der Waals surface area contributed by atoms with Crippen molar-refractivity contribution in [2.75, 3.05) is 5.32 Å². The van der Waals surface area contributed by atoms with E-state index in [2.05, 4.69) is 53.6 Å². The van der Waals surface area contributed by atoms with Crippen molar-refractivity contribution in [3.8, 4) is 11.3 Å². The number of hydrogen-bond donors (Lipinski definition) is 1. The van der Waals surface area contributed by atoms with E-state index in [1.165, 1.54) is 24.9 Å². The van der Waals surface area contributed by atoms with Crippen molar-refractivity contribution in [1.82, 2.24) is 4.98 Å². The Morgan fingerprint density at radius 3 is 2.67 bits per heavy atom. The highest BCUT2D eigenvalue weighted by Crippen LogP contribution is 2.45. The van der Waals surface area contributed by atoms with Gasteiger partial charge in [-0.25, -0.2) is 4.98 Å². The van der Waals surface area contributed by atoms with Gasteiger partial charge in [0, 0.05) is 17.3 Å². The first-order chi connectivity index (χ1) is 10.3. The molecule has 1 fully saturated rings. The summed E-state index contributed by atoms with van der Waals surface area (Å²) in [7, 11) is 0. The van der Waals surface area contributed by atoms with Crippen molar-refractivity contribution < 1.29 is 4.42 Å². The SMILES string of the molecule is CC(Nc1ccc(-c2cnco2)cc1)C1CC2C=CC1C2. The average molecular weight is 280 g/mol. The maximum absolute atomic E-state index is 5.32. The summed E-state index contributed by atoms with van der Waals surface area (Å²) in [6, 6.07) is 8.92. The van der Waals surface area contributed by atoms with E-state index in [0.29, 0.717) is 6.04 Å². The Morgan fingerprint density at radius 2 is 2.05 bits per heavy atom. The summed E-state index contributed by atoms with van der Waals surface area (Å²) in [6.07, 6.45) is 10.7. The fourth-order valence-electron chi connectivity index (χ4n) is 3.86. The van der Waals surface area contributed by atoms with Crippen LogP contribution in [-0.2, 0) is 0 Å². The second-order valence-electron chi connectivity index (χ2n) is 6.32. The average Bonchev–Trinajstić information content (AvgIpc) is 3.25. The molecule has 2 aromatic rings. The number of nitrogens with zero attached hydrogens (tertiary/aromatic N) is 1. The zero-order valence-electron chi connectivity index (χ0n) is 12.2. The molecule has 3 nitrogen and oxygen atoms in total. The van der Waals surface area contributed by atoms with Gasteiger partial charge < -0.3 is 9.73 Å². The molecule has 1 N–H and O–H groups in total. The lowest BCUT2D eigenvalue weighted by Crippen LogP contribution is -2.28. The van der Waals surface area contributed by atoms with Crippen LogP contribution in [0.4, 0.5) is 5.69 Å². The molecule has 2 bridgehead atoms. The van der Waals surface area contributed by atoms with Crippen molar-refractivity contribution in [3.05, 3.63) is 49.0 Å². The molecule has 4 atom stereocenters. The molecular formula is C18H20N2O. The molecule has 0 radical (unpaired) electrons. The molecule has 0 spiro atoms. The Kier molecular flexibility index (Phi) is 3.06. The van der Waals surface area contributed by atoms with Crippen molar-refractivity contribution in [1.29, 1.82) is 0 Å². The Labute approximate surface area is 125 Å². The van der Waals surface area contributed by atoms with E-state index in [1.807, 2.05) is 0 Å². The molecule has 1 aromatic carbocycles. The normalized spacial score (nSPS) is 28.0. The van der Waals surface area contributed by atoms with Gasteiger partial charge in [-0.05, 0) is 61.8 Å². The number of hydrogen-bond acceptors (Lipinski definition) is 3. The molecule has 108 valence electrons. The summed E-state index contributed by atoms with van der Waals surface area (Å²) >= 11 is 0. The van der Waals surface area contributed by atoms with Crippen molar-refractivity contribution in [3.63, 3.8) is 0 Å². The van der Waals surface area contributed by atoms with Gasteiger partial charge in [0.1, 0.15) is 0 Å². The molecule has 4 unspecified atom stereocenters. The lowest BCUT2D eigenvalue weighted by molar-refractivity contribution is 0.400. The van der Waals surface area contributed by atoms with Crippen LogP contribution in [0.2, 0.25) is 0 Å². The molecule has 3 heteroatoms. The fourth-order valence-corrected chi connectivity index (χ4v) is 3.86. The summed E-state index contributed by atoms with van der Waals surface area (Å²) in [4.78, 5) is 3.95. The van der Waals surface area contributed by atoms with Crippen molar-refractivity contribution in [2.45, 2.75) is 25.8 Å². The van der Waals surface area contributed by atoms with Crippen LogP contribution in [0, 0.1) is 17.8 Å². The van der Waals surface area contributed by atoms with Crippen LogP contribution in [0.5, 0.6) is 0 Å². The molecule has 0 saturated heterocycles. The third-order valence-electron chi connectivity index (χ3n) is 4.97. The smallest absolute Gasteiger partial charge is 0.181 e. The fraction of sp³-hybridized carbons (Fsp3) is 0.389. The van der Waals surface area contributed by atoms with Crippen LogP contribution >= 0.6 is 0 Å². The van der Waals surface area contributed by atoms with Gasteiger partial charge in [-0.3, -0.25) is 0 Å². The maximum atomic E-state index is 5.32. The van der Waals surface area contributed by atoms with Gasteiger partial charge in [0.25, 0.3) is 0 Å². The first-order valence-corrected chi connectivity index (χ1v) is 7.73. The number of rotatable bonds is 4. The van der Waals surface area contributed by atoms with Crippen LogP contribution < -0.4 is 5.32 Å². The molecule has 0 amide bonds. The number of nitrogens with one attached hydrogen (secondary N) is 1. The van der Waals surface area contributed by atoms with Crippen molar-refractivity contribution in [2.24, 2.45) is 17.8 Å². The monoisotopic (exact) mass is 280 g/mol. The van der Waals surface area contributed by atoms with Crippen LogP contribution in [0.25, 0.3) is 11.3 Å². The molecule has 0 aliphatic heterocycles. The first-order valence-electron chi connectivity index (χ1n) is 7.73. The number of oxazole rings is 1. The lowest BCUT2D eigenvalue weighted by Gasteiger charge is -2.27. The minimum absolute atomic E-state index is 0.515. The van der Waals surface area contributed by atoms with Gasteiger partial charge in [0.05, 0.1) is 6.20 Å². The van der Waals surface area contributed by atoms with Gasteiger partial charge >= 0.3 is 0 Å². The zero-order chi connectivity index (χ0) is 14.2.